The fourth-order valence-corrected chi connectivity index (χ4v) is 0.687. The Kier molecular flexibility index (Phi) is 18.8. The summed E-state index contributed by atoms with van der Waals surface area (Å²) in [6, 6.07) is 0. The highest BCUT2D eigenvalue weighted by Crippen LogP contribution is 1.94. The molecule has 0 aliphatic carbocycles. The van der Waals surface area contributed by atoms with Crippen molar-refractivity contribution in [2.24, 2.45) is 0 Å². The zero-order valence-corrected chi connectivity index (χ0v) is 15.4. The number of rotatable bonds is 7. The number of aliphatic carboxylic acids is 1. The van der Waals surface area contributed by atoms with Gasteiger partial charge in [0.25, 0.3) is 0 Å². The van der Waals surface area contributed by atoms with Gasteiger partial charge in [0, 0.05) is 16.7 Å². The van der Waals surface area contributed by atoms with Crippen molar-refractivity contribution >= 4 is 17.9 Å². The van der Waals surface area contributed by atoms with Crippen LogP contribution in [0.15, 0.2) is 36.5 Å². The van der Waals surface area contributed by atoms with Crippen LogP contribution < -0.4 is 0 Å². The van der Waals surface area contributed by atoms with E-state index in [1.54, 1.807) is 20.8 Å². The summed E-state index contributed by atoms with van der Waals surface area (Å²) in [5, 5.41) is 7.89. The van der Waals surface area contributed by atoms with Gasteiger partial charge in [-0.05, 0) is 34.1 Å². The lowest BCUT2D eigenvalue weighted by Crippen LogP contribution is -2.05. The highest BCUT2D eigenvalue weighted by Gasteiger charge is 2.00. The smallest absolute Gasteiger partial charge is 0.333 e. The van der Waals surface area contributed by atoms with Gasteiger partial charge < -0.3 is 14.6 Å². The normalized spacial score (nSPS) is 8.38. The third-order valence-electron chi connectivity index (χ3n) is 2.07. The molecule has 0 unspecified atom stereocenters. The summed E-state index contributed by atoms with van der Waals surface area (Å²) in [6.07, 6.45) is 1.97. The summed E-state index contributed by atoms with van der Waals surface area (Å²) >= 11 is 0. The molecule has 0 aromatic rings. The first-order chi connectivity index (χ1) is 11.0. The molecular formula is C18H30O6. The summed E-state index contributed by atoms with van der Waals surface area (Å²) in [7, 11) is 0. The van der Waals surface area contributed by atoms with Crippen molar-refractivity contribution in [2.75, 3.05) is 13.2 Å². The van der Waals surface area contributed by atoms with Gasteiger partial charge in [-0.25, -0.2) is 14.4 Å². The number of hydrogen-bond donors (Lipinski definition) is 1. The van der Waals surface area contributed by atoms with Gasteiger partial charge in [-0.3, -0.25) is 0 Å². The number of carbonyl (C=O) groups excluding carboxylic acids is 2. The minimum Gasteiger partial charge on any atom is -0.478 e. The second-order valence-electron chi connectivity index (χ2n) is 4.86. The lowest BCUT2D eigenvalue weighted by molar-refractivity contribution is -0.139. The molecule has 0 saturated carbocycles. The molecular weight excluding hydrogens is 312 g/mol. The Morgan fingerprint density at radius 1 is 0.833 bits per heavy atom. The molecule has 24 heavy (non-hydrogen) atoms. The monoisotopic (exact) mass is 342 g/mol. The maximum absolute atomic E-state index is 10.7. The predicted octanol–water partition coefficient (Wildman–Crippen LogP) is 3.68. The Labute approximate surface area is 144 Å². The molecule has 0 aromatic carbocycles. The van der Waals surface area contributed by atoms with Gasteiger partial charge in [0.1, 0.15) is 0 Å². The van der Waals surface area contributed by atoms with Crippen LogP contribution in [0.2, 0.25) is 0 Å². The van der Waals surface area contributed by atoms with Crippen LogP contribution in [-0.4, -0.2) is 36.2 Å². The van der Waals surface area contributed by atoms with Crippen molar-refractivity contribution in [2.45, 2.75) is 47.5 Å². The maximum atomic E-state index is 10.7. The number of carbonyl (C=O) groups is 3. The Morgan fingerprint density at radius 2 is 1.21 bits per heavy atom. The molecule has 6 heteroatoms. The van der Waals surface area contributed by atoms with Gasteiger partial charge in [0.05, 0.1) is 13.2 Å². The van der Waals surface area contributed by atoms with Crippen LogP contribution in [0.3, 0.4) is 0 Å². The summed E-state index contributed by atoms with van der Waals surface area (Å²) in [6.45, 7) is 19.5. The quantitative estimate of drug-likeness (QED) is 0.431. The molecule has 0 fully saturated rings. The Morgan fingerprint density at radius 3 is 1.42 bits per heavy atom. The highest BCUT2D eigenvalue weighted by molar-refractivity contribution is 5.87. The number of unbranched alkanes of at least 4 members (excludes halogenated alkanes) is 1. The minimum absolute atomic E-state index is 0.176. The SMILES string of the molecule is C=C(C)C(=O)O.C=C(C)C(=O)OCC.C=C(C)C(=O)OCCCC. The van der Waals surface area contributed by atoms with Crippen LogP contribution >= 0.6 is 0 Å². The van der Waals surface area contributed by atoms with Gasteiger partial charge in [0.15, 0.2) is 0 Å². The summed E-state index contributed by atoms with van der Waals surface area (Å²) < 4.78 is 9.37. The zero-order valence-electron chi connectivity index (χ0n) is 15.4. The molecule has 0 aliphatic heterocycles. The molecule has 0 amide bonds. The van der Waals surface area contributed by atoms with Crippen molar-refractivity contribution in [3.8, 4) is 0 Å². The third kappa shape index (κ3) is 21.9. The van der Waals surface area contributed by atoms with E-state index in [2.05, 4.69) is 31.4 Å². The van der Waals surface area contributed by atoms with E-state index in [0.717, 1.165) is 12.8 Å². The molecule has 0 spiro atoms. The van der Waals surface area contributed by atoms with Crippen LogP contribution in [0.5, 0.6) is 0 Å². The molecule has 0 aliphatic rings. The lowest BCUT2D eigenvalue weighted by Gasteiger charge is -2.01. The van der Waals surface area contributed by atoms with E-state index >= 15 is 0 Å². The van der Waals surface area contributed by atoms with E-state index < -0.39 is 5.97 Å². The summed E-state index contributed by atoms with van der Waals surface area (Å²) in [5.41, 5.74) is 1.10. The first-order valence-corrected chi connectivity index (χ1v) is 7.55. The summed E-state index contributed by atoms with van der Waals surface area (Å²) in [5.74, 6) is -1.53. The average molecular weight is 342 g/mol. The molecule has 0 rings (SSSR count). The van der Waals surface area contributed by atoms with Gasteiger partial charge in [-0.2, -0.15) is 0 Å². The van der Waals surface area contributed by atoms with E-state index in [1.165, 1.54) is 6.92 Å². The van der Waals surface area contributed by atoms with Crippen molar-refractivity contribution < 1.29 is 29.0 Å². The lowest BCUT2D eigenvalue weighted by atomic mass is 10.3. The summed E-state index contributed by atoms with van der Waals surface area (Å²) in [4.78, 5) is 30.7. The molecule has 0 saturated heterocycles. The van der Waals surface area contributed by atoms with Crippen LogP contribution in [-0.2, 0) is 23.9 Å². The first kappa shape index (κ1) is 26.5. The molecule has 0 radical (unpaired) electrons. The largest absolute Gasteiger partial charge is 0.478 e. The average Bonchev–Trinajstić information content (AvgIpc) is 2.48. The molecule has 0 aromatic heterocycles. The van der Waals surface area contributed by atoms with Crippen LogP contribution in [0.25, 0.3) is 0 Å². The fraction of sp³-hybridized carbons (Fsp3) is 0.500. The second-order valence-corrected chi connectivity index (χ2v) is 4.86. The van der Waals surface area contributed by atoms with E-state index in [4.69, 9.17) is 9.84 Å². The number of carboxylic acids is 1. The second kappa shape index (κ2) is 17.0. The van der Waals surface area contributed by atoms with Crippen molar-refractivity contribution in [3.05, 3.63) is 36.5 Å². The number of esters is 2. The number of carboxylic acid groups (broad SMARTS) is 1. The minimum atomic E-state index is -0.935. The molecule has 6 nitrogen and oxygen atoms in total. The van der Waals surface area contributed by atoms with Gasteiger partial charge in [-0.15, -0.1) is 0 Å². The molecule has 0 bridgehead atoms. The molecule has 0 atom stereocenters. The van der Waals surface area contributed by atoms with E-state index in [1.807, 2.05) is 0 Å². The fourth-order valence-electron chi connectivity index (χ4n) is 0.687. The topological polar surface area (TPSA) is 89.9 Å². The molecule has 1 N–H and O–H groups in total. The van der Waals surface area contributed by atoms with Gasteiger partial charge in [-0.1, -0.05) is 33.1 Å². The van der Waals surface area contributed by atoms with E-state index in [0.29, 0.717) is 24.4 Å². The molecule has 138 valence electrons. The van der Waals surface area contributed by atoms with Crippen molar-refractivity contribution in [1.82, 2.24) is 0 Å². The first-order valence-electron chi connectivity index (χ1n) is 7.55. The molecule has 0 heterocycles. The Bertz CT molecular complexity index is 436. The van der Waals surface area contributed by atoms with Crippen LogP contribution in [0.4, 0.5) is 0 Å². The third-order valence-corrected chi connectivity index (χ3v) is 2.07. The Hall–Kier alpha value is -2.37. The van der Waals surface area contributed by atoms with Crippen molar-refractivity contribution in [1.29, 1.82) is 0 Å². The number of ether oxygens (including phenoxy) is 2. The maximum Gasteiger partial charge on any atom is 0.333 e. The van der Waals surface area contributed by atoms with Crippen LogP contribution in [0.1, 0.15) is 47.5 Å². The predicted molar refractivity (Wildman–Crippen MR) is 94.6 cm³/mol. The Balaban J connectivity index is -0.000000285. The van der Waals surface area contributed by atoms with Crippen molar-refractivity contribution in [3.63, 3.8) is 0 Å². The van der Waals surface area contributed by atoms with Gasteiger partial charge >= 0.3 is 17.9 Å². The van der Waals surface area contributed by atoms with Crippen LogP contribution in [0, 0.1) is 0 Å². The highest BCUT2D eigenvalue weighted by atomic mass is 16.5. The van der Waals surface area contributed by atoms with E-state index in [9.17, 15) is 14.4 Å². The van der Waals surface area contributed by atoms with E-state index in [-0.39, 0.29) is 17.5 Å². The standard InChI is InChI=1S/C8H14O2.C6H10O2.C4H6O2/c1-4-5-6-10-8(9)7(2)3;1-4-8-6(7)5(2)3;1-3(2)4(5)6/h2,4-6H2,1,3H3;2,4H2,1,3H3;1H2,2H3,(H,5,6). The van der Waals surface area contributed by atoms with Gasteiger partial charge in [0.2, 0.25) is 0 Å². The number of hydrogen-bond acceptors (Lipinski definition) is 5. The zero-order chi connectivity index (χ0) is 19.7.